The van der Waals surface area contributed by atoms with E-state index in [0.717, 1.165) is 31.3 Å². The standard InChI is InChI=1S/C11H11F4N5O/c12-7-5-6(1-2-8(7)21-11(13,14)15)18-9(16)19-10(17)20-3-4-20/h1-2,5H,3-4H2,(H4,16,17,18,19). The van der Waals surface area contributed by atoms with E-state index >= 15 is 0 Å². The van der Waals surface area contributed by atoms with E-state index in [1.807, 2.05) is 0 Å². The largest absolute Gasteiger partial charge is 0.573 e. The SMILES string of the molecule is NC(=Nc1ccc(OC(F)(F)F)c(F)c1)/N=C(\N)N1CC1. The van der Waals surface area contributed by atoms with Crippen molar-refractivity contribution in [3.63, 3.8) is 0 Å². The van der Waals surface area contributed by atoms with Crippen LogP contribution in [0.15, 0.2) is 28.2 Å². The lowest BCUT2D eigenvalue weighted by Gasteiger charge is -2.09. The molecule has 1 aromatic rings. The second kappa shape index (κ2) is 5.46. The highest BCUT2D eigenvalue weighted by atomic mass is 19.4. The van der Waals surface area contributed by atoms with Gasteiger partial charge in [0, 0.05) is 19.2 Å². The van der Waals surface area contributed by atoms with Gasteiger partial charge in [-0.1, -0.05) is 0 Å². The quantitative estimate of drug-likeness (QED) is 0.373. The first kappa shape index (κ1) is 14.9. The Hall–Kier alpha value is -2.52. The fourth-order valence-corrected chi connectivity index (χ4v) is 1.39. The Morgan fingerprint density at radius 3 is 2.43 bits per heavy atom. The molecular formula is C11H11F4N5O. The summed E-state index contributed by atoms with van der Waals surface area (Å²) in [5.74, 6) is -2.23. The predicted molar refractivity (Wildman–Crippen MR) is 67.6 cm³/mol. The Kier molecular flexibility index (Phi) is 3.87. The molecule has 0 unspecified atom stereocenters. The number of benzene rings is 1. The third-order valence-corrected chi connectivity index (χ3v) is 2.39. The summed E-state index contributed by atoms with van der Waals surface area (Å²) < 4.78 is 52.9. The summed E-state index contributed by atoms with van der Waals surface area (Å²) in [5.41, 5.74) is 11.0. The van der Waals surface area contributed by atoms with E-state index < -0.39 is 17.9 Å². The molecule has 6 nitrogen and oxygen atoms in total. The number of ether oxygens (including phenoxy) is 1. The van der Waals surface area contributed by atoms with Crippen LogP contribution in [0.5, 0.6) is 5.75 Å². The van der Waals surface area contributed by atoms with Gasteiger partial charge in [-0.15, -0.1) is 13.2 Å². The van der Waals surface area contributed by atoms with Crippen LogP contribution < -0.4 is 16.2 Å². The van der Waals surface area contributed by atoms with Crippen molar-refractivity contribution in [2.45, 2.75) is 6.36 Å². The average molecular weight is 305 g/mol. The Morgan fingerprint density at radius 1 is 1.24 bits per heavy atom. The summed E-state index contributed by atoms with van der Waals surface area (Å²) in [7, 11) is 0. The Balaban J connectivity index is 2.14. The Labute approximate surface area is 116 Å². The van der Waals surface area contributed by atoms with Crippen LogP contribution in [-0.4, -0.2) is 36.3 Å². The summed E-state index contributed by atoms with van der Waals surface area (Å²) in [6.07, 6.45) is -4.97. The molecule has 0 spiro atoms. The second-order valence-corrected chi connectivity index (χ2v) is 4.09. The van der Waals surface area contributed by atoms with Crippen LogP contribution in [0.2, 0.25) is 0 Å². The molecule has 1 aliphatic rings. The zero-order chi connectivity index (χ0) is 15.6. The molecule has 0 aromatic heterocycles. The molecule has 0 amide bonds. The Bertz CT molecular complexity index is 595. The molecule has 1 aromatic carbocycles. The van der Waals surface area contributed by atoms with Gasteiger partial charge in [0.15, 0.2) is 17.5 Å². The molecule has 21 heavy (non-hydrogen) atoms. The number of aliphatic imine (C=N–C) groups is 2. The van der Waals surface area contributed by atoms with E-state index in [2.05, 4.69) is 14.7 Å². The van der Waals surface area contributed by atoms with Gasteiger partial charge in [-0.3, -0.25) is 0 Å². The van der Waals surface area contributed by atoms with Crippen molar-refractivity contribution in [1.29, 1.82) is 0 Å². The van der Waals surface area contributed by atoms with Crippen LogP contribution in [0.1, 0.15) is 0 Å². The highest BCUT2D eigenvalue weighted by Crippen LogP contribution is 2.28. The van der Waals surface area contributed by atoms with Crippen molar-refractivity contribution in [3.8, 4) is 5.75 Å². The maximum Gasteiger partial charge on any atom is 0.573 e. The first-order valence-corrected chi connectivity index (χ1v) is 5.73. The van der Waals surface area contributed by atoms with Gasteiger partial charge in [-0.2, -0.15) is 4.99 Å². The number of hydrogen-bond acceptors (Lipinski definition) is 2. The molecule has 1 fully saturated rings. The number of rotatable bonds is 2. The molecule has 0 saturated carbocycles. The van der Waals surface area contributed by atoms with Crippen LogP contribution in [0.4, 0.5) is 23.2 Å². The second-order valence-electron chi connectivity index (χ2n) is 4.09. The van der Waals surface area contributed by atoms with Gasteiger partial charge in [-0.05, 0) is 12.1 Å². The molecule has 1 saturated heterocycles. The number of alkyl halides is 3. The third kappa shape index (κ3) is 4.51. The number of hydrogen-bond donors (Lipinski definition) is 2. The van der Waals surface area contributed by atoms with Gasteiger partial charge in [0.2, 0.25) is 5.96 Å². The minimum Gasteiger partial charge on any atom is -0.403 e. The molecule has 0 radical (unpaired) electrons. The summed E-state index contributed by atoms with van der Waals surface area (Å²) in [4.78, 5) is 9.20. The van der Waals surface area contributed by atoms with E-state index in [9.17, 15) is 17.6 Å². The van der Waals surface area contributed by atoms with Gasteiger partial charge in [0.05, 0.1) is 5.69 Å². The van der Waals surface area contributed by atoms with Crippen LogP contribution in [0.25, 0.3) is 0 Å². The van der Waals surface area contributed by atoms with Crippen LogP contribution in [-0.2, 0) is 0 Å². The van der Waals surface area contributed by atoms with Gasteiger partial charge in [0.25, 0.3) is 0 Å². The van der Waals surface area contributed by atoms with E-state index in [1.54, 1.807) is 4.90 Å². The fourth-order valence-electron chi connectivity index (χ4n) is 1.39. The number of nitrogens with zero attached hydrogens (tertiary/aromatic N) is 3. The van der Waals surface area contributed by atoms with E-state index in [0.29, 0.717) is 0 Å². The van der Waals surface area contributed by atoms with Crippen molar-refractivity contribution < 1.29 is 22.3 Å². The van der Waals surface area contributed by atoms with Crippen LogP contribution in [0.3, 0.4) is 0 Å². The monoisotopic (exact) mass is 305 g/mol. The zero-order valence-electron chi connectivity index (χ0n) is 10.6. The summed E-state index contributed by atoms with van der Waals surface area (Å²) >= 11 is 0. The molecular weight excluding hydrogens is 294 g/mol. The molecule has 4 N–H and O–H groups in total. The van der Waals surface area contributed by atoms with Gasteiger partial charge in [0.1, 0.15) is 0 Å². The smallest absolute Gasteiger partial charge is 0.403 e. The summed E-state index contributed by atoms with van der Waals surface area (Å²) in [5, 5.41) is 0. The molecule has 0 aliphatic carbocycles. The first-order chi connectivity index (χ1) is 9.74. The highest BCUT2D eigenvalue weighted by molar-refractivity contribution is 5.95. The summed E-state index contributed by atoms with van der Waals surface area (Å²) in [6.45, 7) is 1.53. The van der Waals surface area contributed by atoms with Crippen molar-refractivity contribution in [2.24, 2.45) is 21.5 Å². The van der Waals surface area contributed by atoms with Gasteiger partial charge in [-0.25, -0.2) is 9.38 Å². The minimum atomic E-state index is -4.97. The fraction of sp³-hybridized carbons (Fsp3) is 0.273. The van der Waals surface area contributed by atoms with Crippen molar-refractivity contribution in [2.75, 3.05) is 13.1 Å². The Morgan fingerprint density at radius 2 is 1.90 bits per heavy atom. The van der Waals surface area contributed by atoms with Crippen LogP contribution >= 0.6 is 0 Å². The lowest BCUT2D eigenvalue weighted by molar-refractivity contribution is -0.275. The topological polar surface area (TPSA) is 89.0 Å². The molecule has 1 aliphatic heterocycles. The lowest BCUT2D eigenvalue weighted by Crippen LogP contribution is -2.25. The predicted octanol–water partition coefficient (Wildman–Crippen LogP) is 1.30. The molecule has 10 heteroatoms. The lowest BCUT2D eigenvalue weighted by atomic mass is 10.3. The molecule has 114 valence electrons. The highest BCUT2D eigenvalue weighted by Gasteiger charge is 2.32. The third-order valence-electron chi connectivity index (χ3n) is 2.39. The van der Waals surface area contributed by atoms with Crippen molar-refractivity contribution >= 4 is 17.6 Å². The van der Waals surface area contributed by atoms with E-state index in [1.165, 1.54) is 0 Å². The molecule has 2 rings (SSSR count). The average Bonchev–Trinajstić information content (AvgIpc) is 3.15. The number of guanidine groups is 2. The molecule has 1 heterocycles. The maximum absolute atomic E-state index is 13.4. The van der Waals surface area contributed by atoms with Crippen molar-refractivity contribution in [1.82, 2.24) is 4.90 Å². The first-order valence-electron chi connectivity index (χ1n) is 5.73. The number of halogens is 4. The molecule has 0 bridgehead atoms. The minimum absolute atomic E-state index is 0.0122. The van der Waals surface area contributed by atoms with Crippen molar-refractivity contribution in [3.05, 3.63) is 24.0 Å². The van der Waals surface area contributed by atoms with Gasteiger partial charge < -0.3 is 21.1 Å². The van der Waals surface area contributed by atoms with Gasteiger partial charge >= 0.3 is 6.36 Å². The van der Waals surface area contributed by atoms with Crippen LogP contribution in [0, 0.1) is 5.82 Å². The molecule has 0 atom stereocenters. The van der Waals surface area contributed by atoms with E-state index in [-0.39, 0.29) is 17.6 Å². The number of nitrogens with two attached hydrogens (primary N) is 2. The maximum atomic E-state index is 13.4. The van der Waals surface area contributed by atoms with E-state index in [4.69, 9.17) is 11.5 Å². The summed E-state index contributed by atoms with van der Waals surface area (Å²) in [6, 6.07) is 2.66. The normalized spacial score (nSPS) is 16.1. The zero-order valence-corrected chi connectivity index (χ0v) is 10.6.